The molecule has 1 N–H and O–H groups in total. The highest BCUT2D eigenvalue weighted by Gasteiger charge is 2.26. The number of carbonyl (C=O) groups is 1. The first-order valence-corrected chi connectivity index (χ1v) is 9.80. The molecule has 0 bridgehead atoms. The van der Waals surface area contributed by atoms with Gasteiger partial charge in [0.1, 0.15) is 11.6 Å². The molecule has 7 heteroatoms. The number of aromatic amines is 1. The Morgan fingerprint density at radius 2 is 2.19 bits per heavy atom. The fourth-order valence-corrected chi connectivity index (χ4v) is 3.42. The van der Waals surface area contributed by atoms with Gasteiger partial charge >= 0.3 is 0 Å². The Kier molecular flexibility index (Phi) is 6.45. The van der Waals surface area contributed by atoms with Gasteiger partial charge in [0.2, 0.25) is 5.91 Å². The van der Waals surface area contributed by atoms with Gasteiger partial charge in [0, 0.05) is 32.1 Å². The molecule has 1 aliphatic rings. The molecule has 0 aliphatic carbocycles. The fraction of sp³-hybridized carbons (Fsp3) is 0.450. The number of likely N-dealkylation sites (tertiary alicyclic amines) is 1. The van der Waals surface area contributed by atoms with Gasteiger partial charge in [-0.15, -0.1) is 0 Å². The molecule has 1 saturated heterocycles. The Labute approximate surface area is 164 Å². The minimum atomic E-state index is 0.0304. The first kappa shape index (κ1) is 19.4. The zero-order valence-corrected chi connectivity index (χ0v) is 16.7. The minimum absolute atomic E-state index is 0.0304. The number of H-pyrrole nitrogens is 1. The number of nitrogens with zero attached hydrogens (tertiary/aromatic N) is 3. The summed E-state index contributed by atoms with van der Waals surface area (Å²) in [7, 11) is 1.91. The molecule has 144 valence electrons. The van der Waals surface area contributed by atoms with Crippen LogP contribution in [-0.2, 0) is 11.8 Å². The Morgan fingerprint density at radius 3 is 2.85 bits per heavy atom. The Bertz CT molecular complexity index is 854. The smallest absolute Gasteiger partial charge is 0.246 e. The van der Waals surface area contributed by atoms with Gasteiger partial charge in [-0.2, -0.15) is 5.10 Å². The van der Waals surface area contributed by atoms with Gasteiger partial charge in [0.05, 0.1) is 6.61 Å². The van der Waals surface area contributed by atoms with E-state index in [1.807, 2.05) is 46.9 Å². The lowest BCUT2D eigenvalue weighted by Crippen LogP contribution is -2.38. The van der Waals surface area contributed by atoms with E-state index in [2.05, 4.69) is 17.1 Å². The molecule has 1 aromatic carbocycles. The van der Waals surface area contributed by atoms with Crippen LogP contribution in [-0.4, -0.2) is 45.3 Å². The van der Waals surface area contributed by atoms with Gasteiger partial charge in [0.15, 0.2) is 4.77 Å². The average Bonchev–Trinajstić information content (AvgIpc) is 3.04. The van der Waals surface area contributed by atoms with Gasteiger partial charge in [-0.25, -0.2) is 0 Å². The van der Waals surface area contributed by atoms with Crippen molar-refractivity contribution < 1.29 is 9.53 Å². The zero-order valence-electron chi connectivity index (χ0n) is 15.9. The highest BCUT2D eigenvalue weighted by molar-refractivity contribution is 7.71. The summed E-state index contributed by atoms with van der Waals surface area (Å²) in [6.07, 6.45) is 6.46. The van der Waals surface area contributed by atoms with E-state index < -0.39 is 0 Å². The quantitative estimate of drug-likeness (QED) is 0.608. The summed E-state index contributed by atoms with van der Waals surface area (Å²) < 4.78 is 8.08. The maximum absolute atomic E-state index is 12.6. The van der Waals surface area contributed by atoms with Crippen molar-refractivity contribution in [3.63, 3.8) is 0 Å². The Morgan fingerprint density at radius 1 is 1.41 bits per heavy atom. The van der Waals surface area contributed by atoms with Gasteiger partial charge in [-0.3, -0.25) is 9.89 Å². The molecule has 0 radical (unpaired) electrons. The van der Waals surface area contributed by atoms with Crippen LogP contribution < -0.4 is 4.74 Å². The van der Waals surface area contributed by atoms with Crippen molar-refractivity contribution in [1.82, 2.24) is 19.7 Å². The highest BCUT2D eigenvalue weighted by Crippen LogP contribution is 2.25. The highest BCUT2D eigenvalue weighted by atomic mass is 32.1. The molecule has 1 aliphatic heterocycles. The predicted octanol–water partition coefficient (Wildman–Crippen LogP) is 3.69. The van der Waals surface area contributed by atoms with E-state index in [-0.39, 0.29) is 11.8 Å². The monoisotopic (exact) mass is 386 g/mol. The third-order valence-electron chi connectivity index (χ3n) is 4.78. The number of piperidine rings is 1. The molecule has 1 fully saturated rings. The molecular weight excluding hydrogens is 360 g/mol. The van der Waals surface area contributed by atoms with Crippen molar-refractivity contribution in [2.24, 2.45) is 7.05 Å². The summed E-state index contributed by atoms with van der Waals surface area (Å²) in [4.78, 5) is 14.5. The normalized spacial score (nSPS) is 17.4. The first-order chi connectivity index (χ1) is 13.1. The Hall–Kier alpha value is -2.41. The van der Waals surface area contributed by atoms with Gasteiger partial charge < -0.3 is 14.2 Å². The van der Waals surface area contributed by atoms with E-state index in [1.54, 1.807) is 6.08 Å². The van der Waals surface area contributed by atoms with Crippen LogP contribution >= 0.6 is 12.2 Å². The summed E-state index contributed by atoms with van der Waals surface area (Å²) in [5.74, 6) is 2.02. The second-order valence-corrected chi connectivity index (χ2v) is 7.21. The number of aromatic nitrogens is 3. The first-order valence-electron chi connectivity index (χ1n) is 9.39. The van der Waals surface area contributed by atoms with Crippen molar-refractivity contribution in [2.75, 3.05) is 19.7 Å². The Balaban J connectivity index is 1.60. The second kappa shape index (κ2) is 8.99. The van der Waals surface area contributed by atoms with E-state index >= 15 is 0 Å². The molecule has 0 saturated carbocycles. The number of nitrogens with one attached hydrogen (secondary N) is 1. The van der Waals surface area contributed by atoms with E-state index in [0.29, 0.717) is 17.9 Å². The molecule has 1 aromatic heterocycles. The SMILES string of the molecule is CCCOc1ccc(/C=C/C(=O)N2CCCC(c3n[nH]c(=S)n3C)C2)cc1. The maximum Gasteiger partial charge on any atom is 0.246 e. The van der Waals surface area contributed by atoms with E-state index in [1.165, 1.54) is 0 Å². The molecule has 2 aromatic rings. The van der Waals surface area contributed by atoms with Crippen molar-refractivity contribution >= 4 is 24.2 Å². The van der Waals surface area contributed by atoms with Crippen molar-refractivity contribution in [1.29, 1.82) is 0 Å². The van der Waals surface area contributed by atoms with Gasteiger partial charge in [0.25, 0.3) is 0 Å². The third-order valence-corrected chi connectivity index (χ3v) is 5.15. The summed E-state index contributed by atoms with van der Waals surface area (Å²) in [6.45, 7) is 4.24. The molecule has 1 amide bonds. The molecule has 27 heavy (non-hydrogen) atoms. The van der Waals surface area contributed by atoms with Crippen LogP contribution in [0.1, 0.15) is 43.5 Å². The van der Waals surface area contributed by atoms with E-state index in [9.17, 15) is 4.79 Å². The van der Waals surface area contributed by atoms with Crippen molar-refractivity contribution in [3.8, 4) is 5.75 Å². The van der Waals surface area contributed by atoms with Gasteiger partial charge in [-0.1, -0.05) is 19.1 Å². The van der Waals surface area contributed by atoms with Crippen LogP contribution in [0, 0.1) is 4.77 Å². The van der Waals surface area contributed by atoms with Crippen LogP contribution in [0.3, 0.4) is 0 Å². The molecule has 3 rings (SSSR count). The maximum atomic E-state index is 12.6. The molecule has 1 atom stereocenters. The zero-order chi connectivity index (χ0) is 19.2. The van der Waals surface area contributed by atoms with Crippen LogP contribution in [0.25, 0.3) is 6.08 Å². The predicted molar refractivity (Wildman–Crippen MR) is 108 cm³/mol. The second-order valence-electron chi connectivity index (χ2n) is 6.82. The molecule has 1 unspecified atom stereocenters. The lowest BCUT2D eigenvalue weighted by Gasteiger charge is -2.31. The van der Waals surface area contributed by atoms with Crippen LogP contribution in [0.4, 0.5) is 0 Å². The van der Waals surface area contributed by atoms with Crippen LogP contribution in [0.5, 0.6) is 5.75 Å². The minimum Gasteiger partial charge on any atom is -0.494 e. The van der Waals surface area contributed by atoms with E-state index in [4.69, 9.17) is 17.0 Å². The topological polar surface area (TPSA) is 63.1 Å². The van der Waals surface area contributed by atoms with Crippen molar-refractivity contribution in [3.05, 3.63) is 46.5 Å². The molecule has 6 nitrogen and oxygen atoms in total. The summed E-state index contributed by atoms with van der Waals surface area (Å²) in [6, 6.07) is 7.78. The number of hydrogen-bond donors (Lipinski definition) is 1. The number of amides is 1. The van der Waals surface area contributed by atoms with Gasteiger partial charge in [-0.05, 0) is 55.3 Å². The standard InChI is InChI=1S/C20H26N4O2S/c1-3-13-26-17-9-6-15(7-10-17)8-11-18(25)24-12-4-5-16(14-24)19-21-22-20(27)23(19)2/h6-11,16H,3-5,12-14H2,1-2H3,(H,22,27)/b11-8+. The average molecular weight is 387 g/mol. The number of hydrogen-bond acceptors (Lipinski definition) is 4. The van der Waals surface area contributed by atoms with E-state index in [0.717, 1.165) is 42.9 Å². The summed E-state index contributed by atoms with van der Waals surface area (Å²) in [5, 5.41) is 7.16. The summed E-state index contributed by atoms with van der Waals surface area (Å²) >= 11 is 5.20. The number of ether oxygens (including phenoxy) is 1. The largest absolute Gasteiger partial charge is 0.494 e. The molecular formula is C20H26N4O2S. The van der Waals surface area contributed by atoms with Crippen LogP contribution in [0.15, 0.2) is 30.3 Å². The molecule has 2 heterocycles. The lowest BCUT2D eigenvalue weighted by molar-refractivity contribution is -0.127. The molecule has 0 spiro atoms. The lowest BCUT2D eigenvalue weighted by atomic mass is 9.97. The fourth-order valence-electron chi connectivity index (χ4n) is 3.28. The van der Waals surface area contributed by atoms with Crippen LogP contribution in [0.2, 0.25) is 0 Å². The number of rotatable bonds is 6. The van der Waals surface area contributed by atoms with Crippen molar-refractivity contribution in [2.45, 2.75) is 32.1 Å². The third kappa shape index (κ3) is 4.86. The summed E-state index contributed by atoms with van der Waals surface area (Å²) in [5.41, 5.74) is 0.982. The number of benzene rings is 1. The number of carbonyl (C=O) groups excluding carboxylic acids is 1.